The van der Waals surface area contributed by atoms with Crippen molar-refractivity contribution < 1.29 is 30.3 Å². The van der Waals surface area contributed by atoms with Gasteiger partial charge in [0.05, 0.1) is 36.6 Å². The van der Waals surface area contributed by atoms with Crippen LogP contribution in [0.1, 0.15) is 99.8 Å². The van der Waals surface area contributed by atoms with E-state index in [9.17, 15) is 25.5 Å². The summed E-state index contributed by atoms with van der Waals surface area (Å²) >= 11 is 0. The van der Waals surface area contributed by atoms with Gasteiger partial charge in [-0.3, -0.25) is 0 Å². The third-order valence-corrected chi connectivity index (χ3v) is 13.4. The third kappa shape index (κ3) is 3.37. The second-order valence-corrected chi connectivity index (χ2v) is 15.5. The van der Waals surface area contributed by atoms with Crippen molar-refractivity contribution in [3.8, 4) is 0 Å². The maximum atomic E-state index is 11.9. The zero-order valence-electron chi connectivity index (χ0n) is 23.6. The predicted molar refractivity (Wildman–Crippen MR) is 138 cm³/mol. The summed E-state index contributed by atoms with van der Waals surface area (Å²) in [7, 11) is 0. The zero-order chi connectivity index (χ0) is 26.7. The van der Waals surface area contributed by atoms with Crippen LogP contribution < -0.4 is 0 Å². The van der Waals surface area contributed by atoms with Gasteiger partial charge in [0.1, 0.15) is 5.60 Å². The van der Waals surface area contributed by atoms with Gasteiger partial charge < -0.3 is 30.3 Å². The smallest absolute Gasteiger partial charge is 0.111 e. The van der Waals surface area contributed by atoms with Crippen molar-refractivity contribution in [1.82, 2.24) is 0 Å². The van der Waals surface area contributed by atoms with Crippen molar-refractivity contribution in [3.63, 3.8) is 0 Å². The van der Waals surface area contributed by atoms with Crippen LogP contribution in [0.5, 0.6) is 0 Å². The van der Waals surface area contributed by atoms with Gasteiger partial charge >= 0.3 is 0 Å². The van der Waals surface area contributed by atoms with Gasteiger partial charge in [0.15, 0.2) is 0 Å². The van der Waals surface area contributed by atoms with Gasteiger partial charge in [0.25, 0.3) is 0 Å². The second kappa shape index (κ2) is 8.14. The molecule has 0 aromatic carbocycles. The molecule has 5 rings (SSSR count). The van der Waals surface area contributed by atoms with Gasteiger partial charge in [-0.15, -0.1) is 0 Å². The monoisotopic (exact) mass is 508 g/mol. The molecule has 4 saturated carbocycles. The first-order valence-corrected chi connectivity index (χ1v) is 14.5. The molecule has 0 spiro atoms. The minimum atomic E-state index is -1.27. The summed E-state index contributed by atoms with van der Waals surface area (Å²) in [5.74, 6) is 0.520. The van der Waals surface area contributed by atoms with E-state index < -0.39 is 35.6 Å². The Bertz CT molecular complexity index is 874. The largest absolute Gasteiger partial charge is 0.393 e. The van der Waals surface area contributed by atoms with Crippen LogP contribution in [0.25, 0.3) is 0 Å². The Hall–Kier alpha value is -0.240. The average molecular weight is 509 g/mol. The van der Waals surface area contributed by atoms with E-state index in [1.165, 1.54) is 0 Å². The van der Waals surface area contributed by atoms with Gasteiger partial charge in [0, 0.05) is 0 Å². The molecule has 5 aliphatic rings. The number of hydrogen-bond donors (Lipinski definition) is 5. The number of hydrogen-bond acceptors (Lipinski definition) is 6. The topological polar surface area (TPSA) is 110 Å². The molecular formula is C30H52O6. The molecule has 1 aliphatic heterocycles. The summed E-state index contributed by atoms with van der Waals surface area (Å²) in [6, 6.07) is 0. The molecule has 13 atom stereocenters. The van der Waals surface area contributed by atoms with Gasteiger partial charge in [0.2, 0.25) is 0 Å². The van der Waals surface area contributed by atoms with Crippen LogP contribution in [-0.2, 0) is 4.74 Å². The Morgan fingerprint density at radius 2 is 1.53 bits per heavy atom. The van der Waals surface area contributed by atoms with Crippen molar-refractivity contribution in [2.75, 3.05) is 6.61 Å². The Morgan fingerprint density at radius 1 is 0.861 bits per heavy atom. The van der Waals surface area contributed by atoms with Crippen LogP contribution in [0.4, 0.5) is 0 Å². The van der Waals surface area contributed by atoms with Gasteiger partial charge in [-0.05, 0) is 111 Å². The molecule has 0 aromatic rings. The fraction of sp³-hybridized carbons (Fsp3) is 1.00. The fourth-order valence-electron chi connectivity index (χ4n) is 11.3. The number of fused-ring (bicyclic) bond motifs is 5. The van der Waals surface area contributed by atoms with E-state index in [4.69, 9.17) is 4.74 Å². The Kier molecular flexibility index (Phi) is 6.18. The highest BCUT2D eigenvalue weighted by Gasteiger charge is 2.73. The van der Waals surface area contributed by atoms with Crippen molar-refractivity contribution in [2.24, 2.45) is 45.3 Å². The standard InChI is InChI=1S/C30H52O6/c1-25(2)21(34)9-11-26(3)20-14-18(32)23-17(30(7)13-10-22(36-30)29(6,35)16-31)8-12-27(23,4)28(20,5)15-19(33)24(25)26/h17-24,31-35H,8-16H2,1-7H3/t17-,18+,19-,20+,21-,22-,23?,24?,26+,27+,28+,29?,30-/m0/s1. The lowest BCUT2D eigenvalue weighted by atomic mass is 9.34. The summed E-state index contributed by atoms with van der Waals surface area (Å²) in [6.45, 7) is 14.8. The maximum Gasteiger partial charge on any atom is 0.111 e. The summed E-state index contributed by atoms with van der Waals surface area (Å²) in [5.41, 5.74) is -2.48. The molecule has 5 N–H and O–H groups in total. The van der Waals surface area contributed by atoms with E-state index >= 15 is 0 Å². The molecule has 4 aliphatic carbocycles. The highest BCUT2D eigenvalue weighted by molar-refractivity contribution is 5.22. The van der Waals surface area contributed by atoms with Crippen molar-refractivity contribution in [1.29, 1.82) is 0 Å². The molecular weight excluding hydrogens is 456 g/mol. The first-order valence-electron chi connectivity index (χ1n) is 14.5. The minimum Gasteiger partial charge on any atom is -0.393 e. The predicted octanol–water partition coefficient (Wildman–Crippen LogP) is 3.66. The van der Waals surface area contributed by atoms with E-state index in [1.54, 1.807) is 6.92 Å². The van der Waals surface area contributed by atoms with Crippen molar-refractivity contribution >= 4 is 0 Å². The first-order chi connectivity index (χ1) is 16.5. The molecule has 6 nitrogen and oxygen atoms in total. The summed E-state index contributed by atoms with van der Waals surface area (Å²) in [5, 5.41) is 55.0. The lowest BCUT2D eigenvalue weighted by Crippen LogP contribution is -2.69. The highest BCUT2D eigenvalue weighted by Crippen LogP contribution is 2.76. The SMILES string of the molecule is CC(O)(CO)[C@@H]1CC[C@@](C)([C@H]2CC[C@]3(C)C2[C@H](O)C[C@@H]2[C@@]4(C)CC[C@H](O)C(C)(C)C4[C@@H](O)C[C@]23C)O1. The second-order valence-electron chi connectivity index (χ2n) is 15.5. The van der Waals surface area contributed by atoms with Crippen LogP contribution in [0.2, 0.25) is 0 Å². The van der Waals surface area contributed by atoms with Crippen LogP contribution in [0, 0.1) is 45.3 Å². The number of ether oxygens (including phenoxy) is 1. The molecule has 36 heavy (non-hydrogen) atoms. The van der Waals surface area contributed by atoms with E-state index in [-0.39, 0.29) is 51.9 Å². The first kappa shape index (κ1) is 27.3. The van der Waals surface area contributed by atoms with Crippen LogP contribution in [0.3, 0.4) is 0 Å². The molecule has 208 valence electrons. The van der Waals surface area contributed by atoms with Gasteiger partial charge in [-0.1, -0.05) is 34.6 Å². The fourth-order valence-corrected chi connectivity index (χ4v) is 11.3. The van der Waals surface area contributed by atoms with Crippen molar-refractivity contribution in [3.05, 3.63) is 0 Å². The van der Waals surface area contributed by atoms with Gasteiger partial charge in [-0.2, -0.15) is 0 Å². The summed E-state index contributed by atoms with van der Waals surface area (Å²) < 4.78 is 6.57. The van der Waals surface area contributed by atoms with Gasteiger partial charge in [-0.25, -0.2) is 0 Å². The van der Waals surface area contributed by atoms with Crippen LogP contribution in [0.15, 0.2) is 0 Å². The van der Waals surface area contributed by atoms with E-state index in [0.29, 0.717) is 12.8 Å². The Balaban J connectivity index is 1.50. The summed E-state index contributed by atoms with van der Waals surface area (Å²) in [4.78, 5) is 0. The molecule has 0 aromatic heterocycles. The number of rotatable bonds is 3. The minimum absolute atomic E-state index is 0.00790. The zero-order valence-corrected chi connectivity index (χ0v) is 23.6. The average Bonchev–Trinajstić information content (AvgIpc) is 3.36. The molecule has 3 unspecified atom stereocenters. The van der Waals surface area contributed by atoms with Crippen LogP contribution in [-0.4, -0.2) is 67.8 Å². The lowest BCUT2D eigenvalue weighted by Gasteiger charge is -2.71. The lowest BCUT2D eigenvalue weighted by molar-refractivity contribution is -0.275. The molecule has 0 bridgehead atoms. The molecule has 1 saturated heterocycles. The number of aliphatic hydroxyl groups excluding tert-OH is 4. The Morgan fingerprint density at radius 3 is 2.17 bits per heavy atom. The quantitative estimate of drug-likeness (QED) is 0.398. The summed E-state index contributed by atoms with van der Waals surface area (Å²) in [6.07, 6.45) is 4.80. The van der Waals surface area contributed by atoms with Crippen molar-refractivity contribution in [2.45, 2.75) is 135 Å². The third-order valence-electron chi connectivity index (χ3n) is 13.4. The number of aliphatic hydroxyl groups is 5. The van der Waals surface area contributed by atoms with E-state index in [1.807, 2.05) is 0 Å². The molecule has 6 heteroatoms. The molecule has 1 heterocycles. The molecule has 0 radical (unpaired) electrons. The maximum absolute atomic E-state index is 11.9. The van der Waals surface area contributed by atoms with E-state index in [0.717, 1.165) is 38.5 Å². The Labute approximate surface area is 217 Å². The van der Waals surface area contributed by atoms with Crippen LogP contribution >= 0.6 is 0 Å². The van der Waals surface area contributed by atoms with E-state index in [2.05, 4.69) is 41.5 Å². The molecule has 0 amide bonds. The molecule has 5 fully saturated rings. The highest BCUT2D eigenvalue weighted by atomic mass is 16.5. The normalized spacial score (nSPS) is 58.0.